The van der Waals surface area contributed by atoms with Crippen LogP contribution in [0.5, 0.6) is 0 Å². The molecule has 2 aliphatic carbocycles. The van der Waals surface area contributed by atoms with Gasteiger partial charge in [0.05, 0.1) is 0 Å². The summed E-state index contributed by atoms with van der Waals surface area (Å²) in [6.45, 7) is 12.8. The summed E-state index contributed by atoms with van der Waals surface area (Å²) < 4.78 is 0. The Morgan fingerprint density at radius 3 is 2.05 bits per heavy atom. The molecule has 0 saturated carbocycles. The molecule has 4 aromatic rings. The summed E-state index contributed by atoms with van der Waals surface area (Å²) in [5, 5.41) is 5.55. The molecule has 204 valence electrons. The lowest BCUT2D eigenvalue weighted by Crippen LogP contribution is -2.40. The van der Waals surface area contributed by atoms with Gasteiger partial charge in [0.15, 0.2) is 0 Å². The van der Waals surface area contributed by atoms with E-state index >= 15 is 0 Å². The van der Waals surface area contributed by atoms with Crippen LogP contribution in [-0.4, -0.2) is 13.6 Å². The molecular formula is C39H43N. The first-order valence-corrected chi connectivity index (χ1v) is 15.0. The van der Waals surface area contributed by atoms with E-state index in [0.717, 1.165) is 32.2 Å². The molecule has 0 bridgehead atoms. The number of aryl methyl sites for hydroxylation is 1. The van der Waals surface area contributed by atoms with Gasteiger partial charge >= 0.3 is 0 Å². The van der Waals surface area contributed by atoms with Gasteiger partial charge in [0, 0.05) is 19.3 Å². The minimum absolute atomic E-state index is 0.203. The minimum atomic E-state index is 0.203. The van der Waals surface area contributed by atoms with Crippen molar-refractivity contribution in [3.05, 3.63) is 113 Å². The second kappa shape index (κ2) is 10.1. The highest BCUT2D eigenvalue weighted by molar-refractivity contribution is 6.13. The van der Waals surface area contributed by atoms with Crippen LogP contribution in [-0.2, 0) is 6.42 Å². The Hall–Kier alpha value is -3.58. The highest BCUT2D eigenvalue weighted by Gasteiger charge is 2.33. The molecule has 0 aromatic heterocycles. The van der Waals surface area contributed by atoms with Gasteiger partial charge in [-0.2, -0.15) is 0 Å². The Morgan fingerprint density at radius 2 is 1.32 bits per heavy atom. The van der Waals surface area contributed by atoms with Crippen LogP contribution >= 0.6 is 0 Å². The number of benzene rings is 4. The summed E-state index contributed by atoms with van der Waals surface area (Å²) in [6.07, 6.45) is 11.9. The van der Waals surface area contributed by atoms with Gasteiger partial charge in [-0.3, -0.25) is 0 Å². The van der Waals surface area contributed by atoms with Crippen molar-refractivity contribution in [2.75, 3.05) is 18.5 Å². The van der Waals surface area contributed by atoms with Crippen molar-refractivity contribution in [1.29, 1.82) is 0 Å². The van der Waals surface area contributed by atoms with E-state index in [1.54, 1.807) is 0 Å². The quantitative estimate of drug-likeness (QED) is 0.234. The third kappa shape index (κ3) is 4.81. The van der Waals surface area contributed by atoms with E-state index in [1.165, 1.54) is 60.6 Å². The van der Waals surface area contributed by atoms with Gasteiger partial charge in [-0.25, -0.2) is 0 Å². The van der Waals surface area contributed by atoms with Crippen LogP contribution in [0.1, 0.15) is 70.6 Å². The number of anilines is 1. The fourth-order valence-electron chi connectivity index (χ4n) is 6.44. The number of hydrogen-bond donors (Lipinski definition) is 0. The van der Waals surface area contributed by atoms with Crippen LogP contribution in [0.25, 0.3) is 33.2 Å². The Morgan fingerprint density at radius 1 is 0.675 bits per heavy atom. The maximum Gasteiger partial charge on any atom is 0.0370 e. The molecule has 0 heterocycles. The zero-order valence-electron chi connectivity index (χ0n) is 25.1. The number of nitrogens with zero attached hydrogens (tertiary/aromatic N) is 1. The second-order valence-electron chi connectivity index (χ2n) is 13.6. The number of rotatable bonds is 5. The Balaban J connectivity index is 1.34. The van der Waals surface area contributed by atoms with Crippen LogP contribution in [0.3, 0.4) is 0 Å². The smallest absolute Gasteiger partial charge is 0.0370 e. The topological polar surface area (TPSA) is 3.24 Å². The monoisotopic (exact) mass is 525 g/mol. The molecule has 40 heavy (non-hydrogen) atoms. The van der Waals surface area contributed by atoms with Crippen LogP contribution in [0, 0.1) is 10.8 Å². The molecular weight excluding hydrogens is 482 g/mol. The zero-order valence-corrected chi connectivity index (χ0v) is 25.1. The van der Waals surface area contributed by atoms with Crippen LogP contribution < -0.4 is 4.90 Å². The molecule has 2 aliphatic rings. The largest absolute Gasteiger partial charge is 0.374 e. The van der Waals surface area contributed by atoms with E-state index in [4.69, 9.17) is 0 Å². The van der Waals surface area contributed by atoms with Crippen LogP contribution in [0.15, 0.2) is 96.1 Å². The van der Waals surface area contributed by atoms with E-state index in [9.17, 15) is 0 Å². The van der Waals surface area contributed by atoms with Crippen molar-refractivity contribution in [1.82, 2.24) is 0 Å². The predicted octanol–water partition coefficient (Wildman–Crippen LogP) is 10.6. The molecule has 0 radical (unpaired) electrons. The molecule has 0 N–H and O–H groups in total. The molecule has 0 amide bonds. The van der Waals surface area contributed by atoms with E-state index in [1.807, 2.05) is 0 Å². The van der Waals surface area contributed by atoms with Gasteiger partial charge < -0.3 is 4.90 Å². The average molecular weight is 526 g/mol. The Bertz CT molecular complexity index is 1690. The molecule has 6 rings (SSSR count). The van der Waals surface area contributed by atoms with Crippen molar-refractivity contribution >= 4 is 38.9 Å². The van der Waals surface area contributed by atoms with Gasteiger partial charge in [-0.05, 0) is 104 Å². The maximum absolute atomic E-state index is 2.52. The summed E-state index contributed by atoms with van der Waals surface area (Å²) in [6, 6.07) is 27.1. The van der Waals surface area contributed by atoms with Gasteiger partial charge in [0.25, 0.3) is 0 Å². The van der Waals surface area contributed by atoms with Crippen molar-refractivity contribution in [3.8, 4) is 0 Å². The summed E-state index contributed by atoms with van der Waals surface area (Å²) in [5.74, 6) is 0. The number of allylic oxidation sites excluding steroid dienone is 5. The highest BCUT2D eigenvalue weighted by Crippen LogP contribution is 2.42. The maximum atomic E-state index is 2.52. The van der Waals surface area contributed by atoms with Crippen LogP contribution in [0.4, 0.5) is 5.69 Å². The average Bonchev–Trinajstić information content (AvgIpc) is 2.96. The Kier molecular flexibility index (Phi) is 6.73. The highest BCUT2D eigenvalue weighted by atomic mass is 15.1. The van der Waals surface area contributed by atoms with Gasteiger partial charge in [0.1, 0.15) is 0 Å². The lowest BCUT2D eigenvalue weighted by atomic mass is 9.69. The first kappa shape index (κ1) is 26.6. The van der Waals surface area contributed by atoms with E-state index in [2.05, 4.69) is 138 Å². The van der Waals surface area contributed by atoms with Crippen molar-refractivity contribution < 1.29 is 0 Å². The number of fused-ring (bicyclic) bond motifs is 6. The second-order valence-corrected chi connectivity index (χ2v) is 13.6. The predicted molar refractivity (Wildman–Crippen MR) is 176 cm³/mol. The third-order valence-electron chi connectivity index (χ3n) is 9.85. The Labute approximate surface area is 240 Å². The van der Waals surface area contributed by atoms with Crippen molar-refractivity contribution in [2.24, 2.45) is 10.8 Å². The van der Waals surface area contributed by atoms with Crippen molar-refractivity contribution in [2.45, 2.75) is 60.3 Å². The molecule has 0 atom stereocenters. The molecule has 1 nitrogen and oxygen atoms in total. The van der Waals surface area contributed by atoms with E-state index in [-0.39, 0.29) is 10.8 Å². The molecule has 0 fully saturated rings. The normalized spacial score (nSPS) is 15.9. The minimum Gasteiger partial charge on any atom is -0.374 e. The molecule has 1 heteroatoms. The lowest BCUT2D eigenvalue weighted by molar-refractivity contribution is 0.140. The molecule has 0 spiro atoms. The summed E-state index contributed by atoms with van der Waals surface area (Å²) >= 11 is 0. The first-order valence-electron chi connectivity index (χ1n) is 15.0. The zero-order chi connectivity index (χ0) is 28.1. The lowest BCUT2D eigenvalue weighted by Gasteiger charge is -2.42. The number of hydrogen-bond acceptors (Lipinski definition) is 1. The van der Waals surface area contributed by atoms with Gasteiger partial charge in [-0.15, -0.1) is 0 Å². The van der Waals surface area contributed by atoms with Gasteiger partial charge in [0.2, 0.25) is 0 Å². The fourth-order valence-corrected chi connectivity index (χ4v) is 6.44. The summed E-state index contributed by atoms with van der Waals surface area (Å²) in [4.78, 5) is 2.43. The third-order valence-corrected chi connectivity index (χ3v) is 9.85. The standard InChI is InChI=1S/C39H43N/c1-38(2,3)39(4,5)26-40(6)31-16-12-15-29(24-31)27-13-11-14-28(23-27)30-21-22-36-34-19-8-7-17-32(34)33-18-9-10-20-35(33)37(36)25-30/h7-10,12-13,15-20,23-25H,11,14,21-22,26H2,1-6H3. The van der Waals surface area contributed by atoms with Gasteiger partial charge in [-0.1, -0.05) is 114 Å². The first-order chi connectivity index (χ1) is 19.1. The van der Waals surface area contributed by atoms with Crippen LogP contribution in [0.2, 0.25) is 0 Å². The van der Waals surface area contributed by atoms with Crippen molar-refractivity contribution in [3.63, 3.8) is 0 Å². The molecule has 0 saturated heterocycles. The molecule has 4 aromatic carbocycles. The molecule has 0 aliphatic heterocycles. The fraction of sp³-hybridized carbons (Fsp3) is 0.333. The van der Waals surface area contributed by atoms with E-state index < -0.39 is 0 Å². The summed E-state index contributed by atoms with van der Waals surface area (Å²) in [5.41, 5.74) is 10.4. The summed E-state index contributed by atoms with van der Waals surface area (Å²) in [7, 11) is 2.24. The molecule has 0 unspecified atom stereocenters. The van der Waals surface area contributed by atoms with E-state index in [0.29, 0.717) is 0 Å². The SMILES string of the molecule is CN(CC(C)(C)C(C)(C)C)c1cccc(C2=CCCC(C3=Cc4c(c5ccccc5c5ccccc45)CC3)=C2)c1.